The number of ether oxygens (including phenoxy) is 1. The number of imide groups is 1. The topological polar surface area (TPSA) is 63.7 Å². The Bertz CT molecular complexity index is 1690. The highest BCUT2D eigenvalue weighted by atomic mass is 32.1. The van der Waals surface area contributed by atoms with E-state index in [9.17, 15) is 14.4 Å². The minimum atomic E-state index is -1.24. The van der Waals surface area contributed by atoms with Crippen LogP contribution >= 0.6 is 15.2 Å². The van der Waals surface area contributed by atoms with Gasteiger partial charge in [-0.3, -0.25) is 14.4 Å². The molecule has 2 saturated heterocycles. The van der Waals surface area contributed by atoms with Crippen molar-refractivity contribution in [3.05, 3.63) is 138 Å². The fourth-order valence-corrected chi connectivity index (χ4v) is 18.3. The van der Waals surface area contributed by atoms with Crippen molar-refractivity contribution in [2.45, 2.75) is 17.7 Å². The molecule has 3 heterocycles. The molecule has 0 radical (unpaired) electrons. The predicted molar refractivity (Wildman–Crippen MR) is 169 cm³/mol. The lowest BCUT2D eigenvalue weighted by atomic mass is 9.74. The Morgan fingerprint density at radius 3 is 1.90 bits per heavy atom. The van der Waals surface area contributed by atoms with Gasteiger partial charge in [0.1, 0.15) is 0 Å². The molecule has 3 aliphatic rings. The molecule has 5 nitrogen and oxygen atoms in total. The monoisotopic (exact) mass is 589 g/mol. The number of carbonyl (C=O) groups is 3. The largest absolute Gasteiger partial charge is 0.466 e. The lowest BCUT2D eigenvalue weighted by Crippen LogP contribution is -2.40. The highest BCUT2D eigenvalue weighted by Crippen LogP contribution is 3.00. The second kappa shape index (κ2) is 10.7. The molecule has 208 valence electrons. The minimum absolute atomic E-state index is 0.156. The second-order valence-electron chi connectivity index (χ2n) is 10.6. The van der Waals surface area contributed by atoms with Gasteiger partial charge in [0.15, 0.2) is 0 Å². The first-order chi connectivity index (χ1) is 20.6. The number of carbonyl (C=O) groups excluding carboxylic acids is 3. The second-order valence-corrected chi connectivity index (χ2v) is 16.8. The Morgan fingerprint density at radius 2 is 1.31 bits per heavy atom. The molecule has 7 heteroatoms. The third kappa shape index (κ3) is 3.87. The quantitative estimate of drug-likeness (QED) is 0.127. The van der Waals surface area contributed by atoms with Crippen LogP contribution in [-0.2, 0) is 24.3 Å². The number of para-hydroxylation sites is 1. The zero-order chi connectivity index (χ0) is 28.8. The highest BCUT2D eigenvalue weighted by molar-refractivity contribution is 8.37. The molecular weight excluding hydrogens is 560 g/mol. The number of esters is 1. The predicted octanol–water partition coefficient (Wildman–Crippen LogP) is 7.48. The molecule has 0 N–H and O–H groups in total. The van der Waals surface area contributed by atoms with Crippen molar-refractivity contribution in [1.82, 2.24) is 0 Å². The molecule has 2 fully saturated rings. The van der Waals surface area contributed by atoms with Crippen molar-refractivity contribution in [2.75, 3.05) is 17.7 Å². The van der Waals surface area contributed by atoms with E-state index >= 15 is 0 Å². The summed E-state index contributed by atoms with van der Waals surface area (Å²) < 4.78 is 5.55. The first kappa shape index (κ1) is 27.0. The van der Waals surface area contributed by atoms with Crippen LogP contribution < -0.4 is 4.90 Å². The summed E-state index contributed by atoms with van der Waals surface area (Å²) in [5.41, 5.74) is 4.22. The van der Waals surface area contributed by atoms with E-state index in [2.05, 4.69) is 36.4 Å². The van der Waals surface area contributed by atoms with E-state index < -0.39 is 32.0 Å². The molecule has 3 aliphatic heterocycles. The van der Waals surface area contributed by atoms with Gasteiger partial charge in [0.25, 0.3) is 0 Å². The zero-order valence-corrected chi connectivity index (χ0v) is 24.9. The van der Waals surface area contributed by atoms with E-state index in [4.69, 9.17) is 4.74 Å². The maximum atomic E-state index is 14.7. The average Bonchev–Trinajstić information content (AvgIpc) is 3.59. The molecule has 7 rings (SSSR count). The van der Waals surface area contributed by atoms with Gasteiger partial charge in [0, 0.05) is 0 Å². The third-order valence-electron chi connectivity index (χ3n) is 8.43. The van der Waals surface area contributed by atoms with Crippen LogP contribution in [0, 0.1) is 5.92 Å². The van der Waals surface area contributed by atoms with Gasteiger partial charge in [-0.05, 0) is 61.9 Å². The van der Waals surface area contributed by atoms with Crippen LogP contribution in [0.1, 0.15) is 23.6 Å². The Morgan fingerprint density at radius 1 is 0.762 bits per heavy atom. The van der Waals surface area contributed by atoms with Gasteiger partial charge >= 0.3 is 5.97 Å². The smallest absolute Gasteiger partial charge is 0.310 e. The number of allylic oxidation sites excluding steroid dienone is 1. The fourth-order valence-electron chi connectivity index (χ4n) is 6.99. The number of benzene rings is 4. The van der Waals surface area contributed by atoms with Crippen LogP contribution in [0.15, 0.2) is 121 Å². The Balaban J connectivity index is 1.56. The molecule has 2 unspecified atom stereocenters. The SMILES string of the molecule is CCOC(=O)CP1P2C(c3ccccc3)=C(c3ccccc3)[C@]1(c1ccccc1)[C@@H]1C(=O)N(c3ccccc3)C(=O)[C@@H]12. The first-order valence-electron chi connectivity index (χ1n) is 14.2. The summed E-state index contributed by atoms with van der Waals surface area (Å²) in [4.78, 5) is 44.0. The Hall–Kier alpha value is -3.91. The normalized spacial score (nSPS) is 26.1. The summed E-state index contributed by atoms with van der Waals surface area (Å²) >= 11 is 0. The number of anilines is 1. The van der Waals surface area contributed by atoms with E-state index in [0.717, 1.165) is 27.6 Å². The van der Waals surface area contributed by atoms with Crippen molar-refractivity contribution >= 4 is 49.6 Å². The summed E-state index contributed by atoms with van der Waals surface area (Å²) in [6.07, 6.45) is 0.204. The van der Waals surface area contributed by atoms with Crippen molar-refractivity contribution in [1.29, 1.82) is 0 Å². The molecule has 0 aromatic heterocycles. The number of amides is 2. The van der Waals surface area contributed by atoms with E-state index in [-0.39, 0.29) is 30.6 Å². The molecule has 2 amide bonds. The molecule has 5 atom stereocenters. The van der Waals surface area contributed by atoms with Gasteiger partial charge in [0.05, 0.1) is 35.2 Å². The van der Waals surface area contributed by atoms with E-state index in [1.807, 2.05) is 91.9 Å². The van der Waals surface area contributed by atoms with Gasteiger partial charge in [-0.1, -0.05) is 109 Å². The zero-order valence-electron chi connectivity index (χ0n) is 23.1. The van der Waals surface area contributed by atoms with E-state index in [1.54, 1.807) is 0 Å². The standard InChI is InChI=1S/C35H29NO4P2/c1-2-40-28(37)23-41-35(26-19-11-5-12-20-26)29(24-15-7-3-8-16-24)31(25-17-9-4-10-18-25)42(41)32-30(35)33(38)36(34(32)39)27-21-13-6-14-22-27/h3-22,30,32H,2,23H2,1H3/t30-,32+,35+,41?,42?/m0/s1. The summed E-state index contributed by atoms with van der Waals surface area (Å²) in [6, 6.07) is 39.8. The van der Waals surface area contributed by atoms with Crippen molar-refractivity contribution < 1.29 is 19.1 Å². The number of hydrogen-bond donors (Lipinski definition) is 0. The highest BCUT2D eigenvalue weighted by Gasteiger charge is 2.76. The molecule has 4 aromatic carbocycles. The van der Waals surface area contributed by atoms with E-state index in [0.29, 0.717) is 5.69 Å². The Labute approximate surface area is 247 Å². The van der Waals surface area contributed by atoms with Crippen LogP contribution in [0.25, 0.3) is 10.9 Å². The van der Waals surface area contributed by atoms with Crippen LogP contribution in [0.5, 0.6) is 0 Å². The summed E-state index contributed by atoms with van der Waals surface area (Å²) in [5, 5.41) is 0.302. The first-order valence-corrected chi connectivity index (χ1v) is 17.8. The lowest BCUT2D eigenvalue weighted by Gasteiger charge is -2.40. The minimum Gasteiger partial charge on any atom is -0.466 e. The van der Waals surface area contributed by atoms with Crippen molar-refractivity contribution in [3.8, 4) is 0 Å². The lowest BCUT2D eigenvalue weighted by molar-refractivity contribution is -0.140. The fraction of sp³-hybridized carbons (Fsp3) is 0.171. The molecule has 4 aromatic rings. The number of fused-ring (bicyclic) bond motifs is 5. The molecule has 0 saturated carbocycles. The molecule has 42 heavy (non-hydrogen) atoms. The molecule has 2 bridgehead atoms. The van der Waals surface area contributed by atoms with Gasteiger partial charge in [-0.15, -0.1) is 0 Å². The Kier molecular flexibility index (Phi) is 6.89. The van der Waals surface area contributed by atoms with Gasteiger partial charge in [-0.2, -0.15) is 0 Å². The number of nitrogens with zero attached hydrogens (tertiary/aromatic N) is 1. The van der Waals surface area contributed by atoms with Gasteiger partial charge in [-0.25, -0.2) is 4.90 Å². The summed E-state index contributed by atoms with van der Waals surface area (Å²) in [7, 11) is -2.46. The molecule has 0 aliphatic carbocycles. The number of rotatable bonds is 7. The average molecular weight is 590 g/mol. The van der Waals surface area contributed by atoms with Gasteiger partial charge in [0.2, 0.25) is 11.8 Å². The van der Waals surface area contributed by atoms with Crippen LogP contribution in [0.3, 0.4) is 0 Å². The van der Waals surface area contributed by atoms with Crippen molar-refractivity contribution in [3.63, 3.8) is 0 Å². The van der Waals surface area contributed by atoms with Crippen LogP contribution in [-0.4, -0.2) is 36.2 Å². The number of hydrogen-bond acceptors (Lipinski definition) is 4. The maximum absolute atomic E-state index is 14.7. The molecular formula is C35H29NO4P2. The molecule has 0 spiro atoms. The third-order valence-corrected chi connectivity index (χ3v) is 17.3. The summed E-state index contributed by atoms with van der Waals surface area (Å²) in [6.45, 7) is 2.10. The van der Waals surface area contributed by atoms with Gasteiger partial charge < -0.3 is 4.74 Å². The summed E-state index contributed by atoms with van der Waals surface area (Å²) in [5.74, 6) is -1.21. The van der Waals surface area contributed by atoms with Crippen LogP contribution in [0.2, 0.25) is 0 Å². The van der Waals surface area contributed by atoms with Crippen molar-refractivity contribution in [2.24, 2.45) is 5.92 Å². The van der Waals surface area contributed by atoms with Crippen LogP contribution in [0.4, 0.5) is 5.69 Å². The van der Waals surface area contributed by atoms with E-state index in [1.165, 1.54) is 4.90 Å². The maximum Gasteiger partial charge on any atom is 0.310 e.